The van der Waals surface area contributed by atoms with Crippen molar-refractivity contribution >= 4 is 238 Å². The van der Waals surface area contributed by atoms with Gasteiger partial charge in [-0.05, 0) is 246 Å². The summed E-state index contributed by atoms with van der Waals surface area (Å²) in [6.45, 7) is 0. The molecule has 0 aliphatic carbocycles. The van der Waals surface area contributed by atoms with Crippen molar-refractivity contribution in [3.63, 3.8) is 0 Å². The predicted octanol–water partition coefficient (Wildman–Crippen LogP) is 37.6. The van der Waals surface area contributed by atoms with Crippen molar-refractivity contribution in [3.8, 4) is 61.6 Å². The Labute approximate surface area is 795 Å². The number of para-hydroxylation sites is 7. The number of rotatable bonds is 7. The molecule has 0 unspecified atom stereocenters. The maximum atomic E-state index is 6.43. The van der Waals surface area contributed by atoms with E-state index in [4.69, 9.17) is 8.83 Å². The van der Waals surface area contributed by atoms with Crippen LogP contribution in [0.1, 0.15) is 0 Å². The summed E-state index contributed by atoms with van der Waals surface area (Å²) in [7, 11) is 0. The van der Waals surface area contributed by atoms with Crippen molar-refractivity contribution in [1.82, 2.24) is 13.7 Å². The van der Waals surface area contributed by atoms with Crippen molar-refractivity contribution in [1.29, 1.82) is 0 Å². The zero-order valence-electron chi connectivity index (χ0n) is 74.7. The fourth-order valence-corrected chi connectivity index (χ4v) is 24.4. The molecule has 0 amide bonds. The van der Waals surface area contributed by atoms with E-state index in [9.17, 15) is 0 Å². The molecule has 138 heavy (non-hydrogen) atoms. The molecule has 0 fully saturated rings. The van der Waals surface area contributed by atoms with Crippen LogP contribution in [-0.4, -0.2) is 13.7 Å². The van der Waals surface area contributed by atoms with E-state index in [0.29, 0.717) is 0 Å². The van der Waals surface area contributed by atoms with Crippen LogP contribution in [0.25, 0.3) is 288 Å². The number of hydrogen-bond acceptors (Lipinski definition) is 3. The molecule has 0 aliphatic heterocycles. The number of hydrogen-bond donors (Lipinski definition) is 0. The Kier molecular flexibility index (Phi) is 17.3. The van der Waals surface area contributed by atoms with Crippen molar-refractivity contribution < 1.29 is 8.83 Å². The number of furan rings is 2. The first-order valence-corrected chi connectivity index (χ1v) is 48.2. The lowest BCUT2D eigenvalue weighted by molar-refractivity contribution is 0.669. The van der Waals surface area contributed by atoms with Gasteiger partial charge in [0.15, 0.2) is 0 Å². The zero-order valence-corrected chi connectivity index (χ0v) is 75.5. The number of aromatic nitrogens is 3. The van der Waals surface area contributed by atoms with Crippen molar-refractivity contribution in [2.45, 2.75) is 0 Å². The maximum Gasteiger partial charge on any atom is 0.143 e. The molecule has 640 valence electrons. The quantitative estimate of drug-likeness (QED) is 0.149. The Bertz CT molecular complexity index is 10100. The number of thiophene rings is 1. The van der Waals surface area contributed by atoms with Gasteiger partial charge in [0.25, 0.3) is 0 Å². The van der Waals surface area contributed by atoms with E-state index in [1.54, 1.807) is 0 Å². The Hall–Kier alpha value is -17.9. The van der Waals surface area contributed by atoms with Gasteiger partial charge in [-0.1, -0.05) is 364 Å². The lowest BCUT2D eigenvalue weighted by Crippen LogP contribution is -1.94. The van der Waals surface area contributed by atoms with Crippen LogP contribution in [0.5, 0.6) is 0 Å². The summed E-state index contributed by atoms with van der Waals surface area (Å²) in [5.41, 5.74) is 23.9. The average Bonchev–Trinajstić information content (AvgIpc) is 1.53. The molecule has 0 aliphatic rings. The Morgan fingerprint density at radius 3 is 0.826 bits per heavy atom. The van der Waals surface area contributed by atoms with Gasteiger partial charge in [0.2, 0.25) is 0 Å². The highest BCUT2D eigenvalue weighted by Crippen LogP contribution is 2.49. The highest BCUT2D eigenvalue weighted by molar-refractivity contribution is 7.26. The molecular formula is C132H79N3O2S. The van der Waals surface area contributed by atoms with Gasteiger partial charge in [-0.25, -0.2) is 0 Å². The highest BCUT2D eigenvalue weighted by Gasteiger charge is 2.24. The third-order valence-electron chi connectivity index (χ3n) is 29.3. The Morgan fingerprint density at radius 1 is 0.145 bits per heavy atom. The second kappa shape index (κ2) is 30.8. The predicted molar refractivity (Wildman–Crippen MR) is 589 cm³/mol. The minimum Gasteiger partial charge on any atom is -0.455 e. The molecule has 0 radical (unpaired) electrons. The van der Waals surface area contributed by atoms with Gasteiger partial charge in [0.05, 0.1) is 33.1 Å². The Morgan fingerprint density at radius 2 is 0.413 bits per heavy atom. The summed E-state index contributed by atoms with van der Waals surface area (Å²) in [6.07, 6.45) is 0. The van der Waals surface area contributed by atoms with Gasteiger partial charge in [-0.15, -0.1) is 11.3 Å². The van der Waals surface area contributed by atoms with Crippen LogP contribution < -0.4 is 0 Å². The summed E-state index contributed by atoms with van der Waals surface area (Å²) in [4.78, 5) is 0. The second-order valence-corrected chi connectivity index (χ2v) is 37.7. The number of nitrogens with zero attached hydrogens (tertiary/aromatic N) is 3. The average molecular weight is 1770 g/mol. The van der Waals surface area contributed by atoms with Gasteiger partial charge in [0, 0.05) is 102 Å². The summed E-state index contributed by atoms with van der Waals surface area (Å²) >= 11 is 1.89. The Balaban J connectivity index is 0.000000100. The van der Waals surface area contributed by atoms with Crippen molar-refractivity contribution in [2.75, 3.05) is 0 Å². The zero-order chi connectivity index (χ0) is 90.3. The summed E-state index contributed by atoms with van der Waals surface area (Å²) in [5, 5.41) is 38.0. The summed E-state index contributed by atoms with van der Waals surface area (Å²) in [5.74, 6) is 0. The van der Waals surface area contributed by atoms with Crippen LogP contribution >= 0.6 is 11.3 Å². The second-order valence-electron chi connectivity index (χ2n) is 36.6. The van der Waals surface area contributed by atoms with E-state index in [-0.39, 0.29) is 0 Å². The van der Waals surface area contributed by atoms with Crippen LogP contribution in [-0.2, 0) is 0 Å². The molecule has 0 atom stereocenters. The third-order valence-corrected chi connectivity index (χ3v) is 30.5. The lowest BCUT2D eigenvalue weighted by Gasteiger charge is -2.14. The lowest BCUT2D eigenvalue weighted by atomic mass is 9.92. The molecule has 6 aromatic heterocycles. The van der Waals surface area contributed by atoms with Crippen LogP contribution in [0.15, 0.2) is 488 Å². The first-order valence-electron chi connectivity index (χ1n) is 47.4. The van der Waals surface area contributed by atoms with Crippen molar-refractivity contribution in [2.24, 2.45) is 0 Å². The summed E-state index contributed by atoms with van der Waals surface area (Å²) in [6, 6.07) is 175. The van der Waals surface area contributed by atoms with E-state index in [0.717, 1.165) is 77.5 Å². The molecule has 6 heteroatoms. The maximum absolute atomic E-state index is 6.43. The van der Waals surface area contributed by atoms with Gasteiger partial charge in [-0.2, -0.15) is 0 Å². The molecule has 25 aromatic carbocycles. The van der Waals surface area contributed by atoms with E-state index in [2.05, 4.69) is 469 Å². The molecule has 0 bridgehead atoms. The molecule has 31 rings (SSSR count). The van der Waals surface area contributed by atoms with E-state index < -0.39 is 0 Å². The molecule has 0 saturated heterocycles. The largest absolute Gasteiger partial charge is 0.455 e. The first kappa shape index (κ1) is 77.6. The van der Waals surface area contributed by atoms with E-state index in [1.165, 1.54) is 210 Å². The van der Waals surface area contributed by atoms with Gasteiger partial charge in [0.1, 0.15) is 22.3 Å². The van der Waals surface area contributed by atoms with Gasteiger partial charge in [-0.3, -0.25) is 0 Å². The molecule has 31 aromatic rings. The van der Waals surface area contributed by atoms with Crippen LogP contribution in [0, 0.1) is 0 Å². The molecular weight excluding hydrogens is 1690 g/mol. The number of fused-ring (bicyclic) bond motifs is 36. The molecule has 5 nitrogen and oxygen atoms in total. The van der Waals surface area contributed by atoms with Crippen LogP contribution in [0.4, 0.5) is 0 Å². The van der Waals surface area contributed by atoms with E-state index in [1.807, 2.05) is 35.6 Å². The van der Waals surface area contributed by atoms with E-state index >= 15 is 0 Å². The first-order chi connectivity index (χ1) is 68.5. The minimum absolute atomic E-state index is 0.917. The van der Waals surface area contributed by atoms with Crippen molar-refractivity contribution in [3.05, 3.63) is 479 Å². The monoisotopic (exact) mass is 1770 g/mol. The number of benzene rings is 25. The fourth-order valence-electron chi connectivity index (χ4n) is 23.2. The normalized spacial score (nSPS) is 12.1. The third kappa shape index (κ3) is 11.9. The smallest absolute Gasteiger partial charge is 0.143 e. The fraction of sp³-hybridized carbons (Fsp3) is 0. The van der Waals surface area contributed by atoms with Crippen LogP contribution in [0.2, 0.25) is 0 Å². The molecule has 0 saturated carbocycles. The molecule has 6 heterocycles. The minimum atomic E-state index is 0.917. The standard InChI is InChI=1S/C48H29NO.C42H25NO.C42H25NS/c1-2-15-37-35(13-1)36-14-3-4-16-38(36)43-28-31(23-25-39(37)43)30-11-9-12-33(27-30)49-45-21-7-5-17-40(45)44-29-32(24-26-46(44)49)34-19-10-20-42-41-18-6-8-22-47(41)50-48(34)42;2*1-2-12-31-29(10-1)30-11-3-4-13-32(30)37-25-27(21-22-33(31)37)43-39-18-7-5-14-34(39)38-24-26(20-23-40(38)43)28-16-9-17-36-35-15-6-8-19-41(35)44-42(28)36/h1-29H;2*1-25H. The SMILES string of the molecule is c1cc(-c2ccc3c4ccccc4c4ccccc4c3c2)cc(-n2c3ccccc3c3cc(-c4cccc5c4oc4ccccc45)ccc32)c1.c1ccc2c(c1)oc1c(-c3ccc4c(c3)c3ccccc3n4-c3ccc4c5ccccc5c5ccccc5c4c3)cccc12.c1ccc2c(c1)sc1c(-c3ccc4c(c3)c3ccccc3n4-c3ccc4c5ccccc5c5ccccc5c4c3)cccc12. The van der Waals surface area contributed by atoms with Crippen LogP contribution in [0.3, 0.4) is 0 Å². The summed E-state index contributed by atoms with van der Waals surface area (Å²) < 4.78 is 22.8. The topological polar surface area (TPSA) is 41.1 Å². The molecule has 0 N–H and O–H groups in total. The highest BCUT2D eigenvalue weighted by atomic mass is 32.1. The molecule has 0 spiro atoms. The van der Waals surface area contributed by atoms with Gasteiger partial charge < -0.3 is 22.5 Å². The van der Waals surface area contributed by atoms with Gasteiger partial charge >= 0.3 is 0 Å².